The van der Waals surface area contributed by atoms with Gasteiger partial charge in [-0.1, -0.05) is 32.9 Å². The number of carbonyl (C=O) groups is 2. The Kier molecular flexibility index (Phi) is 6.66. The average molecular weight is 427 g/mol. The predicted octanol–water partition coefficient (Wildman–Crippen LogP) is 4.01. The Morgan fingerprint density at radius 1 is 1.17 bits per heavy atom. The fourth-order valence-corrected chi connectivity index (χ4v) is 4.10. The third-order valence-corrected chi connectivity index (χ3v) is 5.97. The van der Waals surface area contributed by atoms with Crippen LogP contribution in [-0.2, 0) is 17.8 Å². The summed E-state index contributed by atoms with van der Waals surface area (Å²) in [5.41, 5.74) is 1.41. The number of nitrogens with zero attached hydrogens (tertiary/aromatic N) is 2. The molecule has 1 aromatic carbocycles. The zero-order valence-corrected chi connectivity index (χ0v) is 18.3. The summed E-state index contributed by atoms with van der Waals surface area (Å²) in [6.07, 6.45) is 0.961. The van der Waals surface area contributed by atoms with Crippen LogP contribution in [0.1, 0.15) is 47.4 Å². The Bertz CT molecular complexity index is 1060. The fraction of sp³-hybridized carbons (Fsp3) is 0.364. The van der Waals surface area contributed by atoms with E-state index in [1.165, 1.54) is 4.88 Å². The number of carboxylic acids is 1. The van der Waals surface area contributed by atoms with Crippen molar-refractivity contribution in [2.75, 3.05) is 5.32 Å². The molecule has 7 nitrogen and oxygen atoms in total. The van der Waals surface area contributed by atoms with Gasteiger partial charge in [-0.05, 0) is 43.0 Å². The number of carbonyl (C=O) groups excluding carboxylic acids is 1. The molecule has 0 radical (unpaired) electrons. The van der Waals surface area contributed by atoms with Gasteiger partial charge in [0.1, 0.15) is 22.5 Å². The molecule has 0 spiro atoms. The number of amides is 1. The molecule has 0 aliphatic heterocycles. The van der Waals surface area contributed by atoms with Gasteiger partial charge in [0.2, 0.25) is 0 Å². The van der Waals surface area contributed by atoms with Crippen molar-refractivity contribution in [3.8, 4) is 0 Å². The topological polar surface area (TPSA) is 104 Å². The maximum absolute atomic E-state index is 12.4. The van der Waals surface area contributed by atoms with Gasteiger partial charge in [0.25, 0.3) is 5.91 Å². The lowest BCUT2D eigenvalue weighted by Gasteiger charge is -2.18. The second-order valence-electron chi connectivity index (χ2n) is 7.49. The Balaban J connectivity index is 1.69. The minimum Gasteiger partial charge on any atom is -0.480 e. The number of benzene rings is 1. The van der Waals surface area contributed by atoms with Crippen LogP contribution in [0, 0.1) is 12.8 Å². The van der Waals surface area contributed by atoms with Gasteiger partial charge in [-0.25, -0.2) is 14.8 Å². The van der Waals surface area contributed by atoms with E-state index >= 15 is 0 Å². The quantitative estimate of drug-likeness (QED) is 0.503. The Morgan fingerprint density at radius 2 is 1.87 bits per heavy atom. The van der Waals surface area contributed by atoms with Crippen LogP contribution < -0.4 is 10.6 Å². The molecule has 0 fully saturated rings. The molecule has 2 aromatic heterocycles. The van der Waals surface area contributed by atoms with E-state index in [4.69, 9.17) is 0 Å². The van der Waals surface area contributed by atoms with Crippen LogP contribution in [0.25, 0.3) is 10.2 Å². The van der Waals surface area contributed by atoms with Crippen LogP contribution in [0.3, 0.4) is 0 Å². The molecule has 3 rings (SSSR count). The Hall–Kier alpha value is -3.00. The molecule has 30 heavy (non-hydrogen) atoms. The van der Waals surface area contributed by atoms with E-state index in [9.17, 15) is 14.7 Å². The van der Waals surface area contributed by atoms with E-state index in [2.05, 4.69) is 33.6 Å². The van der Waals surface area contributed by atoms with E-state index < -0.39 is 17.9 Å². The molecule has 0 aliphatic carbocycles. The first kappa shape index (κ1) is 21.7. The number of hydrogen-bond acceptors (Lipinski definition) is 6. The van der Waals surface area contributed by atoms with Gasteiger partial charge in [0.05, 0.1) is 5.39 Å². The number of aryl methyl sites for hydroxylation is 2. The highest BCUT2D eigenvalue weighted by molar-refractivity contribution is 7.18. The number of anilines is 1. The molecule has 0 bridgehead atoms. The highest BCUT2D eigenvalue weighted by Gasteiger charge is 2.23. The number of nitrogens with one attached hydrogen (secondary N) is 2. The third kappa shape index (κ3) is 4.94. The highest BCUT2D eigenvalue weighted by Crippen LogP contribution is 2.29. The van der Waals surface area contributed by atoms with E-state index in [1.807, 2.05) is 19.1 Å². The number of aromatic nitrogens is 2. The van der Waals surface area contributed by atoms with Crippen molar-refractivity contribution < 1.29 is 14.7 Å². The second-order valence-corrected chi connectivity index (χ2v) is 8.60. The summed E-state index contributed by atoms with van der Waals surface area (Å²) in [4.78, 5) is 35.0. The first-order valence-corrected chi connectivity index (χ1v) is 10.7. The van der Waals surface area contributed by atoms with Crippen LogP contribution in [0.4, 0.5) is 5.82 Å². The summed E-state index contributed by atoms with van der Waals surface area (Å²) in [7, 11) is 0. The Morgan fingerprint density at radius 3 is 2.47 bits per heavy atom. The molecule has 0 saturated carbocycles. The number of fused-ring (bicyclic) bond motifs is 1. The number of thiophene rings is 1. The summed E-state index contributed by atoms with van der Waals surface area (Å²) < 4.78 is 0. The second kappa shape index (κ2) is 9.21. The predicted molar refractivity (Wildman–Crippen MR) is 119 cm³/mol. The summed E-state index contributed by atoms with van der Waals surface area (Å²) >= 11 is 1.68. The first-order valence-electron chi connectivity index (χ1n) is 9.92. The molecule has 8 heteroatoms. The van der Waals surface area contributed by atoms with Crippen LogP contribution in [0.15, 0.2) is 30.3 Å². The minimum atomic E-state index is -1.04. The van der Waals surface area contributed by atoms with Crippen molar-refractivity contribution in [2.24, 2.45) is 5.92 Å². The van der Waals surface area contributed by atoms with Gasteiger partial charge >= 0.3 is 5.97 Å². The van der Waals surface area contributed by atoms with Crippen LogP contribution >= 0.6 is 11.3 Å². The lowest BCUT2D eigenvalue weighted by Crippen LogP contribution is -2.44. The van der Waals surface area contributed by atoms with Crippen LogP contribution in [0.2, 0.25) is 0 Å². The lowest BCUT2D eigenvalue weighted by molar-refractivity contribution is -0.140. The van der Waals surface area contributed by atoms with Crippen molar-refractivity contribution in [1.82, 2.24) is 15.3 Å². The largest absolute Gasteiger partial charge is 0.480 e. The van der Waals surface area contributed by atoms with Crippen molar-refractivity contribution in [2.45, 2.75) is 46.7 Å². The van der Waals surface area contributed by atoms with Crippen molar-refractivity contribution >= 4 is 39.2 Å². The van der Waals surface area contributed by atoms with E-state index in [0.29, 0.717) is 12.1 Å². The monoisotopic (exact) mass is 426 g/mol. The molecule has 0 aliphatic rings. The smallest absolute Gasteiger partial charge is 0.326 e. The molecule has 3 aromatic rings. The maximum Gasteiger partial charge on any atom is 0.326 e. The lowest BCUT2D eigenvalue weighted by atomic mass is 10.0. The molecule has 1 atom stereocenters. The fourth-order valence-electron chi connectivity index (χ4n) is 3.08. The summed E-state index contributed by atoms with van der Waals surface area (Å²) in [6, 6.07) is 8.31. The zero-order valence-electron chi connectivity index (χ0n) is 17.5. The van der Waals surface area contributed by atoms with Gasteiger partial charge < -0.3 is 15.7 Å². The van der Waals surface area contributed by atoms with Gasteiger partial charge in [0, 0.05) is 17.0 Å². The molecular formula is C22H26N4O3S. The molecule has 1 unspecified atom stereocenters. The molecular weight excluding hydrogens is 400 g/mol. The minimum absolute atomic E-state index is 0.201. The summed E-state index contributed by atoms with van der Waals surface area (Å²) in [5.74, 6) is -0.107. The normalized spacial score (nSPS) is 12.2. The summed E-state index contributed by atoms with van der Waals surface area (Å²) in [6.45, 7) is 8.07. The summed E-state index contributed by atoms with van der Waals surface area (Å²) in [5, 5.41) is 16.2. The number of rotatable bonds is 8. The number of aliphatic carboxylic acids is 1. The van der Waals surface area contributed by atoms with Gasteiger partial charge in [-0.15, -0.1) is 11.3 Å². The van der Waals surface area contributed by atoms with Crippen LogP contribution in [-0.4, -0.2) is 33.0 Å². The van der Waals surface area contributed by atoms with E-state index in [0.717, 1.165) is 33.8 Å². The zero-order chi connectivity index (χ0) is 21.8. The highest BCUT2D eigenvalue weighted by atomic mass is 32.1. The van der Waals surface area contributed by atoms with Crippen molar-refractivity contribution in [1.29, 1.82) is 0 Å². The van der Waals surface area contributed by atoms with Crippen LogP contribution in [0.5, 0.6) is 0 Å². The van der Waals surface area contributed by atoms with E-state index in [-0.39, 0.29) is 5.92 Å². The molecule has 1 amide bonds. The maximum atomic E-state index is 12.4. The van der Waals surface area contributed by atoms with E-state index in [1.54, 1.807) is 37.3 Å². The average Bonchev–Trinajstić information content (AvgIpc) is 3.13. The van der Waals surface area contributed by atoms with Gasteiger partial charge in [0.15, 0.2) is 0 Å². The van der Waals surface area contributed by atoms with Crippen molar-refractivity contribution in [3.63, 3.8) is 0 Å². The molecule has 0 saturated heterocycles. The van der Waals surface area contributed by atoms with Crippen molar-refractivity contribution in [3.05, 3.63) is 52.2 Å². The third-order valence-electron chi connectivity index (χ3n) is 4.80. The SMILES string of the molecule is CCc1cc2c(NCc3ccc(C(=O)NC(C(=O)O)C(C)C)cc3)nc(C)nc2s1. The molecule has 158 valence electrons. The Labute approximate surface area is 179 Å². The van der Waals surface area contributed by atoms with Gasteiger partial charge in [-0.2, -0.15) is 0 Å². The molecule has 3 N–H and O–H groups in total. The van der Waals surface area contributed by atoms with Gasteiger partial charge in [-0.3, -0.25) is 4.79 Å². The first-order chi connectivity index (χ1) is 14.3. The molecule has 2 heterocycles. The standard InChI is InChI=1S/C22H26N4O3S/c1-5-16-10-17-19(24-13(4)25-21(17)30-16)23-11-14-6-8-15(9-7-14)20(27)26-18(12(2)3)22(28)29/h6-10,12,18H,5,11H2,1-4H3,(H,26,27)(H,28,29)(H,23,24,25). The number of carboxylic acid groups (broad SMARTS) is 1. The number of hydrogen-bond donors (Lipinski definition) is 3.